The van der Waals surface area contributed by atoms with Crippen molar-refractivity contribution in [3.8, 4) is 0 Å². The molecule has 1 unspecified atom stereocenters. The maximum atomic E-state index is 13.5. The van der Waals surface area contributed by atoms with Crippen molar-refractivity contribution in [1.29, 1.82) is 0 Å². The van der Waals surface area contributed by atoms with Crippen LogP contribution in [0.25, 0.3) is 0 Å². The number of benzene rings is 1. The van der Waals surface area contributed by atoms with Crippen molar-refractivity contribution in [3.63, 3.8) is 0 Å². The zero-order chi connectivity index (χ0) is 14.9. The third-order valence-corrected chi connectivity index (χ3v) is 3.76. The second kappa shape index (κ2) is 5.90. The number of halogens is 3. The van der Waals surface area contributed by atoms with Gasteiger partial charge in [0.1, 0.15) is 17.7 Å². The van der Waals surface area contributed by atoms with Crippen molar-refractivity contribution < 1.29 is 23.1 Å². The molecule has 0 aliphatic carbocycles. The summed E-state index contributed by atoms with van der Waals surface area (Å²) in [5.41, 5.74) is 0.0933. The third-order valence-electron chi connectivity index (χ3n) is 2.73. The molecule has 20 heavy (non-hydrogen) atoms. The Morgan fingerprint density at radius 1 is 1.50 bits per heavy atom. The van der Waals surface area contributed by atoms with Gasteiger partial charge in [-0.15, -0.1) is 0 Å². The van der Waals surface area contributed by atoms with E-state index in [1.165, 1.54) is 6.92 Å². The molecule has 1 saturated heterocycles. The van der Waals surface area contributed by atoms with Crippen LogP contribution in [0.3, 0.4) is 0 Å². The van der Waals surface area contributed by atoms with E-state index < -0.39 is 23.8 Å². The summed E-state index contributed by atoms with van der Waals surface area (Å²) in [6.07, 6.45) is -1.24. The van der Waals surface area contributed by atoms with Crippen LogP contribution in [0.2, 0.25) is 0 Å². The fraction of sp³-hybridized carbons (Fsp3) is 0.333. The number of anilines is 1. The Morgan fingerprint density at radius 2 is 2.10 bits per heavy atom. The number of cyclic esters (lactones) is 1. The molecular weight excluding hydrogens is 385 g/mol. The lowest BCUT2D eigenvalue weighted by molar-refractivity contribution is -0.119. The zero-order valence-corrected chi connectivity index (χ0v) is 12.6. The average Bonchev–Trinajstić information content (AvgIpc) is 2.74. The van der Waals surface area contributed by atoms with Crippen LogP contribution < -0.4 is 10.2 Å². The van der Waals surface area contributed by atoms with E-state index in [4.69, 9.17) is 4.74 Å². The molecule has 2 amide bonds. The molecule has 1 N–H and O–H groups in total. The molecule has 1 aromatic rings. The Hall–Kier alpha value is -1.45. The van der Waals surface area contributed by atoms with Gasteiger partial charge in [-0.25, -0.2) is 13.6 Å². The summed E-state index contributed by atoms with van der Waals surface area (Å²) in [4.78, 5) is 23.6. The first-order valence-electron chi connectivity index (χ1n) is 5.75. The number of amides is 2. The molecule has 2 rings (SSSR count). The molecular formula is C12H11F2IN2O3. The van der Waals surface area contributed by atoms with E-state index in [-0.39, 0.29) is 28.3 Å². The van der Waals surface area contributed by atoms with Gasteiger partial charge in [0, 0.05) is 6.92 Å². The first-order valence-corrected chi connectivity index (χ1v) is 6.83. The molecule has 1 atom stereocenters. The minimum Gasteiger partial charge on any atom is -0.442 e. The third kappa shape index (κ3) is 3.17. The van der Waals surface area contributed by atoms with Crippen molar-refractivity contribution in [2.75, 3.05) is 18.0 Å². The van der Waals surface area contributed by atoms with Crippen LogP contribution >= 0.6 is 22.6 Å². The lowest BCUT2D eigenvalue weighted by atomic mass is 10.2. The van der Waals surface area contributed by atoms with E-state index >= 15 is 0 Å². The summed E-state index contributed by atoms with van der Waals surface area (Å²) in [6.45, 7) is 1.63. The second-order valence-corrected chi connectivity index (χ2v) is 5.36. The summed E-state index contributed by atoms with van der Waals surface area (Å²) < 4.78 is 31.9. The first-order chi connectivity index (χ1) is 9.38. The maximum absolute atomic E-state index is 13.5. The van der Waals surface area contributed by atoms with Gasteiger partial charge in [-0.1, -0.05) is 0 Å². The Morgan fingerprint density at radius 3 is 2.65 bits per heavy atom. The minimum atomic E-state index is -0.737. The van der Waals surface area contributed by atoms with Crippen LogP contribution in [0.1, 0.15) is 6.92 Å². The number of hydrogen-bond donors (Lipinski definition) is 1. The number of rotatable bonds is 3. The van der Waals surface area contributed by atoms with Gasteiger partial charge in [-0.05, 0) is 34.7 Å². The van der Waals surface area contributed by atoms with Gasteiger partial charge in [0.15, 0.2) is 0 Å². The highest BCUT2D eigenvalue weighted by atomic mass is 127. The van der Waals surface area contributed by atoms with E-state index in [0.717, 1.165) is 17.0 Å². The Labute approximate surface area is 127 Å². The lowest BCUT2D eigenvalue weighted by Crippen LogP contribution is -2.33. The highest BCUT2D eigenvalue weighted by Crippen LogP contribution is 2.26. The largest absolute Gasteiger partial charge is 0.442 e. The highest BCUT2D eigenvalue weighted by molar-refractivity contribution is 14.1. The number of carbonyl (C=O) groups is 2. The summed E-state index contributed by atoms with van der Waals surface area (Å²) >= 11 is 1.55. The minimum absolute atomic E-state index is 0.0933. The molecule has 0 saturated carbocycles. The average molecular weight is 396 g/mol. The molecule has 0 spiro atoms. The van der Waals surface area contributed by atoms with Gasteiger partial charge in [0.05, 0.1) is 22.3 Å². The number of hydrogen-bond acceptors (Lipinski definition) is 3. The van der Waals surface area contributed by atoms with Crippen LogP contribution in [0.5, 0.6) is 0 Å². The molecule has 1 aromatic carbocycles. The zero-order valence-electron chi connectivity index (χ0n) is 10.5. The molecule has 8 heteroatoms. The van der Waals surface area contributed by atoms with Gasteiger partial charge in [-0.3, -0.25) is 9.69 Å². The molecule has 0 radical (unpaired) electrons. The molecule has 1 heterocycles. The molecule has 1 aliphatic heterocycles. The van der Waals surface area contributed by atoms with E-state index in [9.17, 15) is 18.4 Å². The van der Waals surface area contributed by atoms with Gasteiger partial charge in [0.2, 0.25) is 5.91 Å². The van der Waals surface area contributed by atoms with Crippen molar-refractivity contribution in [2.45, 2.75) is 13.0 Å². The topological polar surface area (TPSA) is 58.6 Å². The van der Waals surface area contributed by atoms with E-state index in [0.29, 0.717) is 0 Å². The van der Waals surface area contributed by atoms with E-state index in [1.54, 1.807) is 22.6 Å². The number of carbonyl (C=O) groups excluding carboxylic acids is 2. The molecule has 0 bridgehead atoms. The maximum Gasteiger partial charge on any atom is 0.414 e. The molecule has 1 aliphatic rings. The van der Waals surface area contributed by atoms with Crippen LogP contribution in [0.4, 0.5) is 19.3 Å². The second-order valence-electron chi connectivity index (χ2n) is 4.28. The Balaban J connectivity index is 2.14. The molecule has 0 aromatic heterocycles. The predicted octanol–water partition coefficient (Wildman–Crippen LogP) is 2.03. The van der Waals surface area contributed by atoms with Gasteiger partial charge < -0.3 is 10.1 Å². The Kier molecular flexibility index (Phi) is 4.41. The number of ether oxygens (including phenoxy) is 1. The summed E-state index contributed by atoms with van der Waals surface area (Å²) in [5.74, 6) is -1.72. The summed E-state index contributed by atoms with van der Waals surface area (Å²) in [5, 5.41) is 2.52. The fourth-order valence-electron chi connectivity index (χ4n) is 1.79. The van der Waals surface area contributed by atoms with Crippen LogP contribution in [0, 0.1) is 15.2 Å². The van der Waals surface area contributed by atoms with Crippen LogP contribution in [-0.2, 0) is 9.53 Å². The van der Waals surface area contributed by atoms with Crippen molar-refractivity contribution in [1.82, 2.24) is 5.32 Å². The Bertz CT molecular complexity index is 545. The quantitative estimate of drug-likeness (QED) is 0.629. The van der Waals surface area contributed by atoms with Crippen molar-refractivity contribution in [3.05, 3.63) is 27.3 Å². The normalized spacial score (nSPS) is 18.1. The lowest BCUT2D eigenvalue weighted by Gasteiger charge is -2.14. The van der Waals surface area contributed by atoms with Gasteiger partial charge in [0.25, 0.3) is 0 Å². The molecule has 1 fully saturated rings. The standard InChI is InChI=1S/C12H11F2IN2O3/c1-6(18)16-4-8-5-17(12(19)20-8)7-2-9(13)11(15)10(14)3-7/h2-3,8H,4-5H2,1H3,(H,16,18). The molecule has 108 valence electrons. The van der Waals surface area contributed by atoms with Crippen LogP contribution in [-0.4, -0.2) is 31.2 Å². The van der Waals surface area contributed by atoms with Gasteiger partial charge >= 0.3 is 6.09 Å². The monoisotopic (exact) mass is 396 g/mol. The smallest absolute Gasteiger partial charge is 0.414 e. The molecule has 5 nitrogen and oxygen atoms in total. The SMILES string of the molecule is CC(=O)NCC1CN(c2cc(F)c(I)c(F)c2)C(=O)O1. The highest BCUT2D eigenvalue weighted by Gasteiger charge is 2.33. The summed E-state index contributed by atoms with van der Waals surface area (Å²) in [7, 11) is 0. The predicted molar refractivity (Wildman–Crippen MR) is 75.4 cm³/mol. The first kappa shape index (κ1) is 14.9. The van der Waals surface area contributed by atoms with Crippen molar-refractivity contribution >= 4 is 40.3 Å². The van der Waals surface area contributed by atoms with Crippen molar-refractivity contribution in [2.24, 2.45) is 0 Å². The van der Waals surface area contributed by atoms with E-state index in [1.807, 2.05) is 0 Å². The summed E-state index contributed by atoms with van der Waals surface area (Å²) in [6, 6.07) is 2.15. The fourth-order valence-corrected chi connectivity index (χ4v) is 2.11. The number of nitrogens with zero attached hydrogens (tertiary/aromatic N) is 1. The number of nitrogens with one attached hydrogen (secondary N) is 1. The van der Waals surface area contributed by atoms with Crippen LogP contribution in [0.15, 0.2) is 12.1 Å². The van der Waals surface area contributed by atoms with Gasteiger partial charge in [-0.2, -0.15) is 0 Å². The van der Waals surface area contributed by atoms with E-state index in [2.05, 4.69) is 5.32 Å².